The van der Waals surface area contributed by atoms with Crippen molar-refractivity contribution in [3.05, 3.63) is 0 Å². The average molecular weight is 262 g/mol. The Morgan fingerprint density at radius 2 is 1.88 bits per heavy atom. The lowest BCUT2D eigenvalue weighted by atomic mass is 10.2. The lowest BCUT2D eigenvalue weighted by Gasteiger charge is -2.34. The number of rotatable bonds is 5. The van der Waals surface area contributed by atoms with Crippen LogP contribution < -0.4 is 5.32 Å². The predicted octanol–water partition coefficient (Wildman–Crippen LogP) is -0.104. The molecule has 5 nitrogen and oxygen atoms in total. The summed E-state index contributed by atoms with van der Waals surface area (Å²) in [6, 6.07) is 0. The Morgan fingerprint density at radius 1 is 1.24 bits per heavy atom. The summed E-state index contributed by atoms with van der Waals surface area (Å²) < 4.78 is 0. The minimum absolute atomic E-state index is 0.0522. The molecule has 98 valence electrons. The zero-order valence-electron chi connectivity index (χ0n) is 10.2. The maximum Gasteiger partial charge on any atom is 0.234 e. The van der Waals surface area contributed by atoms with Gasteiger partial charge in [-0.2, -0.15) is 0 Å². The van der Waals surface area contributed by atoms with E-state index in [1.807, 2.05) is 4.90 Å². The third-order valence-electron chi connectivity index (χ3n) is 2.95. The third-order valence-corrected chi connectivity index (χ3v) is 3.20. The van der Waals surface area contributed by atoms with Crippen LogP contribution in [-0.2, 0) is 9.59 Å². The van der Waals surface area contributed by atoms with E-state index in [0.29, 0.717) is 13.0 Å². The first-order valence-electron chi connectivity index (χ1n) is 6.00. The largest absolute Gasteiger partial charge is 0.355 e. The molecular formula is C11H20ClN3O2. The topological polar surface area (TPSA) is 52.6 Å². The first kappa shape index (κ1) is 14.3. The summed E-state index contributed by atoms with van der Waals surface area (Å²) in [6.45, 7) is 6.99. The minimum Gasteiger partial charge on any atom is -0.355 e. The first-order chi connectivity index (χ1) is 8.17. The molecule has 0 saturated carbocycles. The predicted molar refractivity (Wildman–Crippen MR) is 67.0 cm³/mol. The van der Waals surface area contributed by atoms with Gasteiger partial charge in [0.25, 0.3) is 0 Å². The van der Waals surface area contributed by atoms with Crippen LogP contribution in [-0.4, -0.2) is 66.8 Å². The van der Waals surface area contributed by atoms with Gasteiger partial charge in [0.05, 0.1) is 0 Å². The number of nitrogens with zero attached hydrogens (tertiary/aromatic N) is 2. The molecule has 0 aliphatic carbocycles. The van der Waals surface area contributed by atoms with Gasteiger partial charge in [-0.25, -0.2) is 0 Å². The summed E-state index contributed by atoms with van der Waals surface area (Å²) >= 11 is 5.34. The monoisotopic (exact) mass is 261 g/mol. The summed E-state index contributed by atoms with van der Waals surface area (Å²) in [5, 5.41) is 2.59. The molecule has 1 fully saturated rings. The van der Waals surface area contributed by atoms with Crippen LogP contribution in [0.2, 0.25) is 0 Å². The van der Waals surface area contributed by atoms with Crippen LogP contribution >= 0.6 is 11.6 Å². The number of amides is 2. The summed E-state index contributed by atoms with van der Waals surface area (Å²) in [4.78, 5) is 26.8. The number of alkyl halides is 1. The third kappa shape index (κ3) is 4.91. The molecule has 0 atom stereocenters. The van der Waals surface area contributed by atoms with Crippen molar-refractivity contribution in [1.29, 1.82) is 0 Å². The van der Waals surface area contributed by atoms with Gasteiger partial charge in [0.2, 0.25) is 11.8 Å². The minimum atomic E-state index is -0.227. The molecule has 17 heavy (non-hydrogen) atoms. The highest BCUT2D eigenvalue weighted by atomic mass is 35.5. The second kappa shape index (κ2) is 7.50. The van der Waals surface area contributed by atoms with Crippen LogP contribution in [0.1, 0.15) is 13.3 Å². The van der Waals surface area contributed by atoms with Crippen LogP contribution in [0.25, 0.3) is 0 Å². The highest BCUT2D eigenvalue weighted by molar-refractivity contribution is 6.27. The number of carbonyl (C=O) groups excluding carboxylic acids is 2. The van der Waals surface area contributed by atoms with E-state index in [4.69, 9.17) is 11.6 Å². The second-order valence-corrected chi connectivity index (χ2v) is 4.32. The van der Waals surface area contributed by atoms with Gasteiger partial charge in [0, 0.05) is 39.1 Å². The maximum atomic E-state index is 11.8. The Kier molecular flexibility index (Phi) is 6.29. The van der Waals surface area contributed by atoms with E-state index in [-0.39, 0.29) is 17.7 Å². The Labute approximate surface area is 107 Å². The van der Waals surface area contributed by atoms with E-state index in [1.165, 1.54) is 0 Å². The molecule has 1 aliphatic heterocycles. The van der Waals surface area contributed by atoms with Crippen LogP contribution in [0.4, 0.5) is 0 Å². The zero-order valence-corrected chi connectivity index (χ0v) is 11.0. The van der Waals surface area contributed by atoms with Gasteiger partial charge in [0.15, 0.2) is 0 Å². The molecule has 0 radical (unpaired) electrons. The molecule has 0 aromatic carbocycles. The number of likely N-dealkylation sites (N-methyl/N-ethyl adjacent to an activating group) is 1. The lowest BCUT2D eigenvalue weighted by Crippen LogP contribution is -2.49. The molecule has 1 saturated heterocycles. The molecule has 1 heterocycles. The molecule has 0 unspecified atom stereocenters. The fourth-order valence-corrected chi connectivity index (χ4v) is 1.92. The molecule has 1 aliphatic rings. The number of piperazine rings is 1. The molecule has 1 rings (SSSR count). The van der Waals surface area contributed by atoms with Crippen molar-refractivity contribution in [2.24, 2.45) is 0 Å². The van der Waals surface area contributed by atoms with Crippen molar-refractivity contribution in [1.82, 2.24) is 15.1 Å². The Hall–Kier alpha value is -0.810. The van der Waals surface area contributed by atoms with Gasteiger partial charge >= 0.3 is 0 Å². The van der Waals surface area contributed by atoms with Gasteiger partial charge in [-0.1, -0.05) is 6.92 Å². The quantitative estimate of drug-likeness (QED) is 0.703. The average Bonchev–Trinajstić information content (AvgIpc) is 2.38. The van der Waals surface area contributed by atoms with Crippen molar-refractivity contribution in [3.63, 3.8) is 0 Å². The SMILES string of the molecule is CCN1CCN(C(=O)CCNC(=O)CCl)CC1. The fraction of sp³-hybridized carbons (Fsp3) is 0.818. The molecule has 0 bridgehead atoms. The Balaban J connectivity index is 2.18. The van der Waals surface area contributed by atoms with Crippen LogP contribution in [0.15, 0.2) is 0 Å². The fourth-order valence-electron chi connectivity index (χ4n) is 1.83. The van der Waals surface area contributed by atoms with Crippen LogP contribution in [0.5, 0.6) is 0 Å². The van der Waals surface area contributed by atoms with Gasteiger partial charge in [-0.05, 0) is 6.54 Å². The number of carbonyl (C=O) groups is 2. The highest BCUT2D eigenvalue weighted by Crippen LogP contribution is 2.02. The van der Waals surface area contributed by atoms with Crippen molar-refractivity contribution in [2.75, 3.05) is 45.1 Å². The molecular weight excluding hydrogens is 242 g/mol. The normalized spacial score (nSPS) is 16.9. The van der Waals surface area contributed by atoms with Gasteiger partial charge in [-0.3, -0.25) is 9.59 Å². The van der Waals surface area contributed by atoms with E-state index < -0.39 is 0 Å². The first-order valence-corrected chi connectivity index (χ1v) is 6.53. The maximum absolute atomic E-state index is 11.8. The van der Waals surface area contributed by atoms with Crippen molar-refractivity contribution >= 4 is 23.4 Å². The van der Waals surface area contributed by atoms with Crippen LogP contribution in [0.3, 0.4) is 0 Å². The Bertz CT molecular complexity index is 265. The van der Waals surface area contributed by atoms with Crippen molar-refractivity contribution in [3.8, 4) is 0 Å². The van der Waals surface area contributed by atoms with E-state index >= 15 is 0 Å². The number of nitrogens with one attached hydrogen (secondary N) is 1. The van der Waals surface area contributed by atoms with E-state index in [9.17, 15) is 9.59 Å². The second-order valence-electron chi connectivity index (χ2n) is 4.05. The number of halogens is 1. The van der Waals surface area contributed by atoms with Gasteiger partial charge in [0.1, 0.15) is 5.88 Å². The van der Waals surface area contributed by atoms with Crippen molar-refractivity contribution < 1.29 is 9.59 Å². The lowest BCUT2D eigenvalue weighted by molar-refractivity contribution is -0.132. The van der Waals surface area contributed by atoms with E-state index in [0.717, 1.165) is 32.7 Å². The molecule has 0 aromatic heterocycles. The molecule has 0 spiro atoms. The summed E-state index contributed by atoms with van der Waals surface area (Å²) in [5.41, 5.74) is 0. The standard InChI is InChI=1S/C11H20ClN3O2/c1-2-14-5-7-15(8-6-14)11(17)3-4-13-10(16)9-12/h2-9H2,1H3,(H,13,16). The van der Waals surface area contributed by atoms with Crippen molar-refractivity contribution in [2.45, 2.75) is 13.3 Å². The van der Waals surface area contributed by atoms with Gasteiger partial charge in [-0.15, -0.1) is 11.6 Å². The van der Waals surface area contributed by atoms with Gasteiger partial charge < -0.3 is 15.1 Å². The molecule has 6 heteroatoms. The highest BCUT2D eigenvalue weighted by Gasteiger charge is 2.19. The zero-order chi connectivity index (χ0) is 12.7. The van der Waals surface area contributed by atoms with E-state index in [2.05, 4.69) is 17.1 Å². The summed E-state index contributed by atoms with van der Waals surface area (Å²) in [7, 11) is 0. The smallest absolute Gasteiger partial charge is 0.234 e. The Morgan fingerprint density at radius 3 is 2.41 bits per heavy atom. The number of hydrogen-bond acceptors (Lipinski definition) is 3. The van der Waals surface area contributed by atoms with E-state index in [1.54, 1.807) is 0 Å². The molecule has 1 N–H and O–H groups in total. The van der Waals surface area contributed by atoms with Crippen LogP contribution in [0, 0.1) is 0 Å². The summed E-state index contributed by atoms with van der Waals surface area (Å²) in [5.74, 6) is -0.172. The molecule has 0 aromatic rings. The molecule has 2 amide bonds. The summed E-state index contributed by atoms with van der Waals surface area (Å²) in [6.07, 6.45) is 0.356. The number of hydrogen-bond donors (Lipinski definition) is 1.